The quantitative estimate of drug-likeness (QED) is 0.757. The molecule has 0 fully saturated rings. The van der Waals surface area contributed by atoms with Crippen molar-refractivity contribution in [3.63, 3.8) is 0 Å². The van der Waals surface area contributed by atoms with E-state index in [2.05, 4.69) is 11.2 Å². The molecule has 0 radical (unpaired) electrons. The van der Waals surface area contributed by atoms with Crippen molar-refractivity contribution in [2.75, 3.05) is 5.73 Å². The van der Waals surface area contributed by atoms with E-state index < -0.39 is 0 Å². The zero-order valence-corrected chi connectivity index (χ0v) is 8.31. The monoisotopic (exact) mass is 198 g/mol. The highest BCUT2D eigenvalue weighted by molar-refractivity contribution is 5.44. The van der Waals surface area contributed by atoms with Gasteiger partial charge in [-0.05, 0) is 25.1 Å². The first kappa shape index (κ1) is 9.28. The summed E-state index contributed by atoms with van der Waals surface area (Å²) in [6, 6.07) is 9.31. The summed E-state index contributed by atoms with van der Waals surface area (Å²) >= 11 is 0. The Morgan fingerprint density at radius 1 is 1.47 bits per heavy atom. The summed E-state index contributed by atoms with van der Waals surface area (Å²) < 4.78 is 1.67. The molecule has 4 heteroatoms. The average molecular weight is 198 g/mol. The number of nitrogens with zero attached hydrogens (tertiary/aromatic N) is 3. The fourth-order valence-corrected chi connectivity index (χ4v) is 1.32. The van der Waals surface area contributed by atoms with E-state index in [1.165, 1.54) is 0 Å². The third kappa shape index (κ3) is 1.67. The zero-order chi connectivity index (χ0) is 10.8. The van der Waals surface area contributed by atoms with Gasteiger partial charge in [0.2, 0.25) is 0 Å². The minimum atomic E-state index is 0.511. The van der Waals surface area contributed by atoms with Gasteiger partial charge in [0.05, 0.1) is 17.3 Å². The summed E-state index contributed by atoms with van der Waals surface area (Å²) in [6.07, 6.45) is 1.84. The minimum Gasteiger partial charge on any atom is -0.382 e. The van der Waals surface area contributed by atoms with Gasteiger partial charge in [-0.2, -0.15) is 10.4 Å². The molecule has 2 aromatic rings. The number of hydrogen-bond acceptors (Lipinski definition) is 3. The van der Waals surface area contributed by atoms with Crippen molar-refractivity contribution in [1.82, 2.24) is 9.78 Å². The third-order valence-corrected chi connectivity index (χ3v) is 2.18. The van der Waals surface area contributed by atoms with Gasteiger partial charge in [-0.15, -0.1) is 0 Å². The Kier molecular flexibility index (Phi) is 2.14. The summed E-state index contributed by atoms with van der Waals surface area (Å²) in [4.78, 5) is 0. The molecule has 15 heavy (non-hydrogen) atoms. The minimum absolute atomic E-state index is 0.511. The first-order valence-electron chi connectivity index (χ1n) is 4.53. The Balaban J connectivity index is 2.50. The highest BCUT2D eigenvalue weighted by Crippen LogP contribution is 2.13. The molecule has 0 atom stereocenters. The number of hydrogen-bond donors (Lipinski definition) is 1. The second-order valence-corrected chi connectivity index (χ2v) is 3.30. The van der Waals surface area contributed by atoms with Crippen molar-refractivity contribution in [3.05, 3.63) is 41.6 Å². The zero-order valence-electron chi connectivity index (χ0n) is 8.31. The molecule has 4 nitrogen and oxygen atoms in total. The standard InChI is InChI=1S/C11H10N4/c1-8-7-15(14-11(8)13)10-4-2-3-9(5-10)6-12/h2-5,7H,1H3,(H2,13,14). The molecule has 1 aromatic heterocycles. The summed E-state index contributed by atoms with van der Waals surface area (Å²) in [7, 11) is 0. The van der Waals surface area contributed by atoms with Gasteiger partial charge in [0.25, 0.3) is 0 Å². The SMILES string of the molecule is Cc1cn(-c2cccc(C#N)c2)nc1N. The van der Waals surface area contributed by atoms with Crippen LogP contribution in [-0.2, 0) is 0 Å². The second-order valence-electron chi connectivity index (χ2n) is 3.30. The number of nitrogen functional groups attached to an aromatic ring is 1. The van der Waals surface area contributed by atoms with E-state index in [1.807, 2.05) is 25.3 Å². The molecular formula is C11H10N4. The molecule has 1 heterocycles. The third-order valence-electron chi connectivity index (χ3n) is 2.18. The molecule has 0 spiro atoms. The van der Waals surface area contributed by atoms with Crippen LogP contribution >= 0.6 is 0 Å². The Morgan fingerprint density at radius 3 is 2.87 bits per heavy atom. The topological polar surface area (TPSA) is 67.6 Å². The Bertz CT molecular complexity index is 514. The van der Waals surface area contributed by atoms with E-state index in [-0.39, 0.29) is 0 Å². The summed E-state index contributed by atoms with van der Waals surface area (Å²) in [5.41, 5.74) is 8.03. The first-order valence-corrected chi connectivity index (χ1v) is 4.53. The lowest BCUT2D eigenvalue weighted by molar-refractivity contribution is 0.885. The molecule has 0 saturated heterocycles. The fourth-order valence-electron chi connectivity index (χ4n) is 1.32. The summed E-state index contributed by atoms with van der Waals surface area (Å²) in [5, 5.41) is 12.9. The van der Waals surface area contributed by atoms with Gasteiger partial charge >= 0.3 is 0 Å². The molecule has 74 valence electrons. The maximum Gasteiger partial charge on any atom is 0.148 e. The average Bonchev–Trinajstić information content (AvgIpc) is 2.59. The highest BCUT2D eigenvalue weighted by Gasteiger charge is 2.03. The van der Waals surface area contributed by atoms with Crippen LogP contribution in [0.15, 0.2) is 30.5 Å². The molecule has 0 aliphatic heterocycles. The van der Waals surface area contributed by atoms with Crippen molar-refractivity contribution in [1.29, 1.82) is 5.26 Å². The Hall–Kier alpha value is -2.28. The number of aryl methyl sites for hydroxylation is 1. The Labute approximate surface area is 87.6 Å². The molecule has 0 aliphatic rings. The van der Waals surface area contributed by atoms with Gasteiger partial charge in [0.15, 0.2) is 0 Å². The van der Waals surface area contributed by atoms with Crippen molar-refractivity contribution < 1.29 is 0 Å². The maximum absolute atomic E-state index is 8.76. The van der Waals surface area contributed by atoms with Gasteiger partial charge in [0, 0.05) is 11.8 Å². The van der Waals surface area contributed by atoms with Crippen molar-refractivity contribution in [2.45, 2.75) is 6.92 Å². The van der Waals surface area contributed by atoms with Crippen molar-refractivity contribution in [2.24, 2.45) is 0 Å². The molecule has 0 unspecified atom stereocenters. The van der Waals surface area contributed by atoms with Gasteiger partial charge in [-0.3, -0.25) is 0 Å². The van der Waals surface area contributed by atoms with Gasteiger partial charge in [0.1, 0.15) is 5.82 Å². The van der Waals surface area contributed by atoms with Gasteiger partial charge < -0.3 is 5.73 Å². The predicted octanol–water partition coefficient (Wildman–Crippen LogP) is 1.63. The van der Waals surface area contributed by atoms with Crippen LogP contribution in [0.1, 0.15) is 11.1 Å². The van der Waals surface area contributed by atoms with Crippen molar-refractivity contribution in [3.8, 4) is 11.8 Å². The molecule has 2 N–H and O–H groups in total. The number of benzene rings is 1. The molecule has 0 saturated carbocycles. The van der Waals surface area contributed by atoms with Crippen LogP contribution in [0.3, 0.4) is 0 Å². The number of anilines is 1. The van der Waals surface area contributed by atoms with E-state index in [0.29, 0.717) is 11.4 Å². The van der Waals surface area contributed by atoms with Crippen molar-refractivity contribution >= 4 is 5.82 Å². The van der Waals surface area contributed by atoms with E-state index in [4.69, 9.17) is 11.0 Å². The molecule has 2 rings (SSSR count). The normalized spacial score (nSPS) is 9.87. The predicted molar refractivity (Wildman–Crippen MR) is 57.4 cm³/mol. The second kappa shape index (κ2) is 3.46. The van der Waals surface area contributed by atoms with E-state index in [9.17, 15) is 0 Å². The molecular weight excluding hydrogens is 188 g/mol. The first-order chi connectivity index (χ1) is 7.20. The van der Waals surface area contributed by atoms with E-state index in [0.717, 1.165) is 11.3 Å². The number of rotatable bonds is 1. The van der Waals surface area contributed by atoms with E-state index in [1.54, 1.807) is 16.8 Å². The van der Waals surface area contributed by atoms with Crippen LogP contribution in [0, 0.1) is 18.3 Å². The molecule has 0 aliphatic carbocycles. The molecule has 0 bridgehead atoms. The molecule has 0 amide bonds. The number of nitriles is 1. The number of nitrogens with two attached hydrogens (primary N) is 1. The largest absolute Gasteiger partial charge is 0.382 e. The lowest BCUT2D eigenvalue weighted by Crippen LogP contribution is -1.96. The maximum atomic E-state index is 8.76. The summed E-state index contributed by atoms with van der Waals surface area (Å²) in [5.74, 6) is 0.511. The van der Waals surface area contributed by atoms with Crippen LogP contribution < -0.4 is 5.73 Å². The smallest absolute Gasteiger partial charge is 0.148 e. The van der Waals surface area contributed by atoms with E-state index >= 15 is 0 Å². The van der Waals surface area contributed by atoms with Gasteiger partial charge in [-0.25, -0.2) is 4.68 Å². The van der Waals surface area contributed by atoms with Crippen LogP contribution in [-0.4, -0.2) is 9.78 Å². The Morgan fingerprint density at radius 2 is 2.27 bits per heavy atom. The highest BCUT2D eigenvalue weighted by atomic mass is 15.3. The fraction of sp³-hybridized carbons (Fsp3) is 0.0909. The van der Waals surface area contributed by atoms with Crippen LogP contribution in [0.2, 0.25) is 0 Å². The van der Waals surface area contributed by atoms with Gasteiger partial charge in [-0.1, -0.05) is 6.07 Å². The number of aromatic nitrogens is 2. The van der Waals surface area contributed by atoms with Crippen LogP contribution in [0.4, 0.5) is 5.82 Å². The van der Waals surface area contributed by atoms with Crippen LogP contribution in [0.25, 0.3) is 5.69 Å². The van der Waals surface area contributed by atoms with Crippen LogP contribution in [0.5, 0.6) is 0 Å². The lowest BCUT2D eigenvalue weighted by atomic mass is 10.2. The summed E-state index contributed by atoms with van der Waals surface area (Å²) in [6.45, 7) is 1.90. The molecule has 1 aromatic carbocycles. The lowest BCUT2D eigenvalue weighted by Gasteiger charge is -2.00.